The maximum Gasteiger partial charge on any atom is 0.387 e. The molecule has 1 aliphatic rings. The molecule has 1 fully saturated rings. The Bertz CT molecular complexity index is 999. The van der Waals surface area contributed by atoms with E-state index >= 15 is 0 Å². The molecule has 1 saturated heterocycles. The SMILES string of the molecule is COc1cc(/C=C2\SC(=O)N(Cc3ccc(F)cc3Cl)C2=O)ccc1OC(F)F. The number of benzene rings is 2. The summed E-state index contributed by atoms with van der Waals surface area (Å²) in [5.41, 5.74) is 0.876. The molecule has 29 heavy (non-hydrogen) atoms. The minimum absolute atomic E-state index is 0.0522. The van der Waals surface area contributed by atoms with Gasteiger partial charge in [0.15, 0.2) is 11.5 Å². The molecule has 0 aliphatic carbocycles. The first kappa shape index (κ1) is 21.1. The first-order valence-electron chi connectivity index (χ1n) is 8.10. The van der Waals surface area contributed by atoms with Crippen LogP contribution in [0.4, 0.5) is 18.0 Å². The largest absolute Gasteiger partial charge is 0.493 e. The predicted molar refractivity (Wildman–Crippen MR) is 103 cm³/mol. The van der Waals surface area contributed by atoms with Crippen molar-refractivity contribution < 1.29 is 32.2 Å². The minimum atomic E-state index is -3.01. The number of hydrogen-bond donors (Lipinski definition) is 0. The van der Waals surface area contributed by atoms with Gasteiger partial charge in [0, 0.05) is 5.02 Å². The molecule has 2 aromatic rings. The first-order valence-corrected chi connectivity index (χ1v) is 9.30. The molecule has 0 N–H and O–H groups in total. The summed E-state index contributed by atoms with van der Waals surface area (Å²) in [6, 6.07) is 7.82. The summed E-state index contributed by atoms with van der Waals surface area (Å²) in [6.45, 7) is -3.12. The second-order valence-corrected chi connectivity index (χ2v) is 7.19. The van der Waals surface area contributed by atoms with Gasteiger partial charge in [0.25, 0.3) is 11.1 Å². The Morgan fingerprint density at radius 3 is 2.59 bits per heavy atom. The Morgan fingerprint density at radius 2 is 1.93 bits per heavy atom. The van der Waals surface area contributed by atoms with E-state index in [0.717, 1.165) is 22.7 Å². The summed E-state index contributed by atoms with van der Waals surface area (Å²) >= 11 is 6.69. The Kier molecular flexibility index (Phi) is 6.39. The number of thioether (sulfide) groups is 1. The third kappa shape index (κ3) is 4.86. The predicted octanol–water partition coefficient (Wildman–Crippen LogP) is 5.33. The van der Waals surface area contributed by atoms with E-state index in [9.17, 15) is 22.8 Å². The molecule has 0 unspecified atom stereocenters. The van der Waals surface area contributed by atoms with E-state index in [1.54, 1.807) is 0 Å². The van der Waals surface area contributed by atoms with Gasteiger partial charge in [-0.05, 0) is 53.2 Å². The van der Waals surface area contributed by atoms with E-state index in [1.807, 2.05) is 0 Å². The fraction of sp³-hybridized carbons (Fsp3) is 0.158. The van der Waals surface area contributed by atoms with Crippen molar-refractivity contribution in [3.05, 3.63) is 63.3 Å². The molecule has 1 aliphatic heterocycles. The van der Waals surface area contributed by atoms with Gasteiger partial charge in [-0.1, -0.05) is 23.7 Å². The zero-order chi connectivity index (χ0) is 21.1. The van der Waals surface area contributed by atoms with Crippen LogP contribution >= 0.6 is 23.4 Å². The van der Waals surface area contributed by atoms with Crippen molar-refractivity contribution in [1.29, 1.82) is 0 Å². The molecule has 2 aromatic carbocycles. The Morgan fingerprint density at radius 1 is 1.17 bits per heavy atom. The maximum atomic E-state index is 13.2. The zero-order valence-corrected chi connectivity index (χ0v) is 16.4. The number of alkyl halides is 2. The summed E-state index contributed by atoms with van der Waals surface area (Å²) < 4.78 is 47.4. The molecule has 10 heteroatoms. The lowest BCUT2D eigenvalue weighted by atomic mass is 10.1. The Balaban J connectivity index is 1.82. The van der Waals surface area contributed by atoms with Crippen molar-refractivity contribution >= 4 is 40.6 Å². The van der Waals surface area contributed by atoms with Crippen LogP contribution in [0, 0.1) is 5.82 Å². The highest BCUT2D eigenvalue weighted by atomic mass is 35.5. The molecular weight excluding hydrogens is 431 g/mol. The lowest BCUT2D eigenvalue weighted by molar-refractivity contribution is -0.123. The molecular formula is C19H13ClF3NO4S. The van der Waals surface area contributed by atoms with E-state index in [2.05, 4.69) is 4.74 Å². The highest BCUT2D eigenvalue weighted by Crippen LogP contribution is 2.36. The number of halogens is 4. The second kappa shape index (κ2) is 8.79. The fourth-order valence-electron chi connectivity index (χ4n) is 2.58. The average molecular weight is 444 g/mol. The number of amides is 2. The van der Waals surface area contributed by atoms with E-state index in [-0.39, 0.29) is 28.0 Å². The van der Waals surface area contributed by atoms with Crippen molar-refractivity contribution in [2.45, 2.75) is 13.2 Å². The summed E-state index contributed by atoms with van der Waals surface area (Å²) in [5, 5.41) is -0.404. The van der Waals surface area contributed by atoms with Crippen LogP contribution in [0.1, 0.15) is 11.1 Å². The molecule has 2 amide bonds. The minimum Gasteiger partial charge on any atom is -0.493 e. The van der Waals surface area contributed by atoms with Gasteiger partial charge in [-0.15, -0.1) is 0 Å². The number of imide groups is 1. The van der Waals surface area contributed by atoms with Crippen molar-refractivity contribution in [1.82, 2.24) is 4.90 Å². The van der Waals surface area contributed by atoms with Crippen LogP contribution in [0.3, 0.4) is 0 Å². The number of methoxy groups -OCH3 is 1. The van der Waals surface area contributed by atoms with Crippen LogP contribution in [-0.2, 0) is 11.3 Å². The summed E-state index contributed by atoms with van der Waals surface area (Å²) in [7, 11) is 1.29. The standard InChI is InChI=1S/C19H13ClF3NO4S/c1-27-15-6-10(2-5-14(15)28-18(22)23)7-16-17(25)24(19(26)29-16)9-11-3-4-12(21)8-13(11)20/h2-8,18H,9H2,1H3/b16-7-. The van der Waals surface area contributed by atoms with Crippen LogP contribution in [0.5, 0.6) is 11.5 Å². The van der Waals surface area contributed by atoms with Crippen molar-refractivity contribution in [3.8, 4) is 11.5 Å². The molecule has 5 nitrogen and oxygen atoms in total. The van der Waals surface area contributed by atoms with Gasteiger partial charge in [0.2, 0.25) is 0 Å². The molecule has 0 spiro atoms. The third-order valence-electron chi connectivity index (χ3n) is 3.92. The number of nitrogens with zero attached hydrogens (tertiary/aromatic N) is 1. The smallest absolute Gasteiger partial charge is 0.387 e. The van der Waals surface area contributed by atoms with Crippen LogP contribution in [0.15, 0.2) is 41.3 Å². The highest BCUT2D eigenvalue weighted by Gasteiger charge is 2.35. The summed E-state index contributed by atoms with van der Waals surface area (Å²) in [4.78, 5) is 26.0. The van der Waals surface area contributed by atoms with Crippen molar-refractivity contribution in [2.75, 3.05) is 7.11 Å². The number of rotatable bonds is 6. The average Bonchev–Trinajstić information content (AvgIpc) is 2.92. The van der Waals surface area contributed by atoms with Crippen LogP contribution in [0.25, 0.3) is 6.08 Å². The van der Waals surface area contributed by atoms with Crippen molar-refractivity contribution in [2.24, 2.45) is 0 Å². The lowest BCUT2D eigenvalue weighted by Crippen LogP contribution is -2.27. The normalized spacial score (nSPS) is 15.5. The zero-order valence-electron chi connectivity index (χ0n) is 14.8. The topological polar surface area (TPSA) is 55.8 Å². The Hall–Kier alpha value is -2.65. The molecule has 152 valence electrons. The maximum absolute atomic E-state index is 13.2. The van der Waals surface area contributed by atoms with Gasteiger partial charge in [-0.3, -0.25) is 14.5 Å². The summed E-state index contributed by atoms with van der Waals surface area (Å²) in [5.74, 6) is -1.18. The molecule has 0 aromatic heterocycles. The van der Waals surface area contributed by atoms with Gasteiger partial charge < -0.3 is 9.47 Å². The van der Waals surface area contributed by atoms with Gasteiger partial charge in [-0.2, -0.15) is 8.78 Å². The van der Waals surface area contributed by atoms with E-state index in [4.69, 9.17) is 16.3 Å². The van der Waals surface area contributed by atoms with E-state index in [1.165, 1.54) is 43.5 Å². The van der Waals surface area contributed by atoms with Crippen LogP contribution in [0.2, 0.25) is 5.02 Å². The molecule has 0 saturated carbocycles. The molecule has 0 radical (unpaired) electrons. The third-order valence-corrected chi connectivity index (χ3v) is 5.18. The van der Waals surface area contributed by atoms with Gasteiger partial charge in [0.1, 0.15) is 5.82 Å². The monoisotopic (exact) mass is 443 g/mol. The summed E-state index contributed by atoms with van der Waals surface area (Å²) in [6.07, 6.45) is 1.44. The van der Waals surface area contributed by atoms with E-state index in [0.29, 0.717) is 11.1 Å². The fourth-order valence-corrected chi connectivity index (χ4v) is 3.64. The highest BCUT2D eigenvalue weighted by molar-refractivity contribution is 8.18. The van der Waals surface area contributed by atoms with Crippen LogP contribution < -0.4 is 9.47 Å². The first-order chi connectivity index (χ1) is 13.8. The number of carbonyl (C=O) groups excluding carboxylic acids is 2. The van der Waals surface area contributed by atoms with Gasteiger partial charge in [-0.25, -0.2) is 4.39 Å². The lowest BCUT2D eigenvalue weighted by Gasteiger charge is -2.13. The van der Waals surface area contributed by atoms with Crippen LogP contribution in [-0.4, -0.2) is 29.8 Å². The quantitative estimate of drug-likeness (QED) is 0.565. The van der Waals surface area contributed by atoms with E-state index < -0.39 is 23.6 Å². The van der Waals surface area contributed by atoms with Gasteiger partial charge >= 0.3 is 6.61 Å². The number of hydrogen-bond acceptors (Lipinski definition) is 5. The molecule has 3 rings (SSSR count). The molecule has 1 heterocycles. The molecule has 0 atom stereocenters. The number of ether oxygens (including phenoxy) is 2. The second-order valence-electron chi connectivity index (χ2n) is 5.79. The van der Waals surface area contributed by atoms with Gasteiger partial charge in [0.05, 0.1) is 18.6 Å². The number of carbonyl (C=O) groups is 2. The molecule has 0 bridgehead atoms. The van der Waals surface area contributed by atoms with Crippen molar-refractivity contribution in [3.63, 3.8) is 0 Å². The Labute approximate surface area is 173 Å².